The summed E-state index contributed by atoms with van der Waals surface area (Å²) in [5.41, 5.74) is 0. The highest BCUT2D eigenvalue weighted by Crippen LogP contribution is 1.81. The van der Waals surface area contributed by atoms with Crippen LogP contribution in [0.3, 0.4) is 0 Å². The lowest BCUT2D eigenvalue weighted by atomic mass is 10.7. The van der Waals surface area contributed by atoms with Gasteiger partial charge in [0.25, 0.3) is 0 Å². The highest BCUT2D eigenvalue weighted by molar-refractivity contribution is 4.88. The molecule has 2 aromatic heterocycles. The Morgan fingerprint density at radius 2 is 0.833 bits per heavy atom. The maximum absolute atomic E-state index is 2.00. The molecule has 0 aliphatic rings. The highest BCUT2D eigenvalue weighted by atomic mass is 14.9. The molecule has 2 nitrogen and oxygen atoms in total. The third-order valence-corrected chi connectivity index (χ3v) is 1.51. The molecule has 0 atom stereocenters. The van der Waals surface area contributed by atoms with Crippen molar-refractivity contribution in [1.29, 1.82) is 0 Å². The van der Waals surface area contributed by atoms with Gasteiger partial charge in [-0.05, 0) is 24.3 Å². The fourth-order valence-electron chi connectivity index (χ4n) is 0.841. The van der Waals surface area contributed by atoms with Crippen LogP contribution in [0.5, 0.6) is 0 Å². The quantitative estimate of drug-likeness (QED) is 0.561. The molecular formula is C10H14N2. The van der Waals surface area contributed by atoms with Crippen LogP contribution in [0, 0.1) is 0 Å². The van der Waals surface area contributed by atoms with Gasteiger partial charge in [0.1, 0.15) is 0 Å². The molecule has 2 heterocycles. The minimum absolute atomic E-state index is 2.00. The second-order valence-electron chi connectivity index (χ2n) is 2.70. The predicted octanol–water partition coefficient (Wildman–Crippen LogP) is 2.05. The maximum atomic E-state index is 2.00. The van der Waals surface area contributed by atoms with Crippen molar-refractivity contribution >= 4 is 0 Å². The third-order valence-electron chi connectivity index (χ3n) is 1.51. The molecule has 0 fully saturated rings. The zero-order chi connectivity index (χ0) is 8.81. The van der Waals surface area contributed by atoms with Crippen molar-refractivity contribution in [3.05, 3.63) is 49.1 Å². The van der Waals surface area contributed by atoms with Crippen LogP contribution in [-0.4, -0.2) is 9.13 Å². The average Bonchev–Trinajstić information content (AvgIpc) is 2.63. The number of hydrogen-bond donors (Lipinski definition) is 0. The first kappa shape index (κ1) is 8.65. The maximum Gasteiger partial charge on any atom is 0.0106 e. The largest absolute Gasteiger partial charge is 0.357 e. The van der Waals surface area contributed by atoms with Crippen LogP contribution in [0.1, 0.15) is 0 Å². The standard InChI is InChI=1S/2C5H7N/c2*1-6-4-2-3-5-6/h2*2-5H,1H3. The van der Waals surface area contributed by atoms with Gasteiger partial charge in [-0.2, -0.15) is 0 Å². The average molecular weight is 162 g/mol. The van der Waals surface area contributed by atoms with E-state index in [4.69, 9.17) is 0 Å². The second-order valence-corrected chi connectivity index (χ2v) is 2.70. The molecule has 0 aliphatic heterocycles. The van der Waals surface area contributed by atoms with Crippen LogP contribution < -0.4 is 0 Å². The fourth-order valence-corrected chi connectivity index (χ4v) is 0.841. The highest BCUT2D eigenvalue weighted by Gasteiger charge is 1.68. The molecule has 12 heavy (non-hydrogen) atoms. The Hall–Kier alpha value is -1.44. The van der Waals surface area contributed by atoms with Crippen molar-refractivity contribution in [2.24, 2.45) is 14.1 Å². The van der Waals surface area contributed by atoms with E-state index in [9.17, 15) is 0 Å². The molecule has 0 unspecified atom stereocenters. The molecule has 0 aromatic carbocycles. The van der Waals surface area contributed by atoms with Gasteiger partial charge >= 0.3 is 0 Å². The SMILES string of the molecule is Cn1cccc1.Cn1cccc1. The molecule has 0 bridgehead atoms. The summed E-state index contributed by atoms with van der Waals surface area (Å²) in [4.78, 5) is 0. The van der Waals surface area contributed by atoms with Gasteiger partial charge in [0.15, 0.2) is 0 Å². The first-order chi connectivity index (χ1) is 5.79. The monoisotopic (exact) mass is 162 g/mol. The van der Waals surface area contributed by atoms with E-state index in [1.54, 1.807) is 0 Å². The summed E-state index contributed by atoms with van der Waals surface area (Å²) in [5, 5.41) is 0. The molecule has 0 amide bonds. The third kappa shape index (κ3) is 3.10. The zero-order valence-corrected chi connectivity index (χ0v) is 7.51. The summed E-state index contributed by atoms with van der Waals surface area (Å²) >= 11 is 0. The molecule has 0 radical (unpaired) electrons. The lowest BCUT2D eigenvalue weighted by Gasteiger charge is -1.79. The van der Waals surface area contributed by atoms with Crippen molar-refractivity contribution in [2.75, 3.05) is 0 Å². The van der Waals surface area contributed by atoms with E-state index in [2.05, 4.69) is 0 Å². The Kier molecular flexibility index (Phi) is 3.20. The summed E-state index contributed by atoms with van der Waals surface area (Å²) in [5.74, 6) is 0. The van der Waals surface area contributed by atoms with Gasteiger partial charge in [-0.1, -0.05) is 0 Å². The summed E-state index contributed by atoms with van der Waals surface area (Å²) in [6.45, 7) is 0. The van der Waals surface area contributed by atoms with Crippen LogP contribution in [-0.2, 0) is 14.1 Å². The Morgan fingerprint density at radius 1 is 0.583 bits per heavy atom. The lowest BCUT2D eigenvalue weighted by molar-refractivity contribution is 0.928. The Labute approximate surface area is 73.1 Å². The van der Waals surface area contributed by atoms with Crippen LogP contribution >= 0.6 is 0 Å². The summed E-state index contributed by atoms with van der Waals surface area (Å²) in [7, 11) is 4.00. The van der Waals surface area contributed by atoms with Crippen molar-refractivity contribution < 1.29 is 0 Å². The molecular weight excluding hydrogens is 148 g/mol. The van der Waals surface area contributed by atoms with Crippen molar-refractivity contribution in [3.63, 3.8) is 0 Å². The van der Waals surface area contributed by atoms with E-state index in [0.29, 0.717) is 0 Å². The van der Waals surface area contributed by atoms with Gasteiger partial charge in [-0.15, -0.1) is 0 Å². The van der Waals surface area contributed by atoms with E-state index < -0.39 is 0 Å². The number of nitrogens with zero attached hydrogens (tertiary/aromatic N) is 2. The number of aryl methyl sites for hydroxylation is 2. The molecule has 2 heteroatoms. The molecule has 0 spiro atoms. The first-order valence-electron chi connectivity index (χ1n) is 3.93. The first-order valence-corrected chi connectivity index (χ1v) is 3.93. The topological polar surface area (TPSA) is 9.86 Å². The van der Waals surface area contributed by atoms with Gasteiger partial charge in [0, 0.05) is 38.9 Å². The van der Waals surface area contributed by atoms with Crippen molar-refractivity contribution in [1.82, 2.24) is 9.13 Å². The zero-order valence-electron chi connectivity index (χ0n) is 7.51. The molecule has 0 aliphatic carbocycles. The summed E-state index contributed by atoms with van der Waals surface area (Å²) in [6, 6.07) is 8.00. The molecule has 0 saturated heterocycles. The Bertz CT molecular complexity index is 247. The summed E-state index contributed by atoms with van der Waals surface area (Å²) in [6.07, 6.45) is 8.00. The normalized spacial score (nSPS) is 8.83. The van der Waals surface area contributed by atoms with Crippen LogP contribution in [0.25, 0.3) is 0 Å². The summed E-state index contributed by atoms with van der Waals surface area (Å²) < 4.78 is 4.00. The van der Waals surface area contributed by atoms with Gasteiger partial charge < -0.3 is 9.13 Å². The van der Waals surface area contributed by atoms with Crippen LogP contribution in [0.15, 0.2) is 49.1 Å². The molecule has 64 valence electrons. The minimum Gasteiger partial charge on any atom is -0.357 e. The van der Waals surface area contributed by atoms with Crippen LogP contribution in [0.2, 0.25) is 0 Å². The Balaban J connectivity index is 0.000000120. The fraction of sp³-hybridized carbons (Fsp3) is 0.200. The van der Waals surface area contributed by atoms with E-state index in [1.165, 1.54) is 0 Å². The van der Waals surface area contributed by atoms with Crippen molar-refractivity contribution in [3.8, 4) is 0 Å². The second kappa shape index (κ2) is 4.44. The molecule has 0 N–H and O–H groups in total. The van der Waals surface area contributed by atoms with Gasteiger partial charge in [0.2, 0.25) is 0 Å². The van der Waals surface area contributed by atoms with Gasteiger partial charge in [-0.3, -0.25) is 0 Å². The number of aromatic nitrogens is 2. The predicted molar refractivity (Wildman–Crippen MR) is 50.8 cm³/mol. The van der Waals surface area contributed by atoms with E-state index in [1.807, 2.05) is 72.3 Å². The number of rotatable bonds is 0. The Morgan fingerprint density at radius 3 is 0.917 bits per heavy atom. The van der Waals surface area contributed by atoms with E-state index in [-0.39, 0.29) is 0 Å². The number of hydrogen-bond acceptors (Lipinski definition) is 0. The van der Waals surface area contributed by atoms with Crippen LogP contribution in [0.4, 0.5) is 0 Å². The molecule has 2 aromatic rings. The lowest BCUT2D eigenvalue weighted by Crippen LogP contribution is -1.75. The minimum atomic E-state index is 2.00. The molecule has 2 rings (SSSR count). The van der Waals surface area contributed by atoms with E-state index >= 15 is 0 Å². The molecule has 0 saturated carbocycles. The van der Waals surface area contributed by atoms with E-state index in [0.717, 1.165) is 0 Å². The van der Waals surface area contributed by atoms with Crippen molar-refractivity contribution in [2.45, 2.75) is 0 Å². The van der Waals surface area contributed by atoms with Gasteiger partial charge in [-0.25, -0.2) is 0 Å². The van der Waals surface area contributed by atoms with Gasteiger partial charge in [0.05, 0.1) is 0 Å². The smallest absolute Gasteiger partial charge is 0.0106 e.